The summed E-state index contributed by atoms with van der Waals surface area (Å²) in [6, 6.07) is 7.08. The number of phenols is 1. The number of hydrogen-bond donors (Lipinski definition) is 2. The van der Waals surface area contributed by atoms with Gasteiger partial charge in [0.05, 0.1) is 13.2 Å². The van der Waals surface area contributed by atoms with Gasteiger partial charge in [0.25, 0.3) is 0 Å². The number of ether oxygens (including phenoxy) is 1. The molecule has 3 N–H and O–H groups in total. The van der Waals surface area contributed by atoms with Crippen molar-refractivity contribution in [1.82, 2.24) is 0 Å². The molecule has 16 heavy (non-hydrogen) atoms. The van der Waals surface area contributed by atoms with Gasteiger partial charge in [-0.15, -0.1) is 0 Å². The van der Waals surface area contributed by atoms with Gasteiger partial charge in [-0.05, 0) is 30.5 Å². The second kappa shape index (κ2) is 4.85. The molecule has 0 spiro atoms. The summed E-state index contributed by atoms with van der Waals surface area (Å²) in [5, 5.41) is 9.13. The van der Waals surface area contributed by atoms with E-state index in [0.717, 1.165) is 18.4 Å². The molecule has 0 radical (unpaired) electrons. The average molecular weight is 221 g/mol. The van der Waals surface area contributed by atoms with Crippen LogP contribution >= 0.6 is 0 Å². The molecule has 1 aliphatic rings. The highest BCUT2D eigenvalue weighted by Crippen LogP contribution is 2.27. The third-order valence-electron chi connectivity index (χ3n) is 3.19. The summed E-state index contributed by atoms with van der Waals surface area (Å²) in [4.78, 5) is 0. The van der Waals surface area contributed by atoms with Gasteiger partial charge in [0.1, 0.15) is 5.75 Å². The van der Waals surface area contributed by atoms with E-state index in [1.165, 1.54) is 12.8 Å². The maximum Gasteiger partial charge on any atom is 0.115 e. The van der Waals surface area contributed by atoms with E-state index in [0.29, 0.717) is 13.2 Å². The lowest BCUT2D eigenvalue weighted by Gasteiger charge is -2.23. The Labute approximate surface area is 96.2 Å². The van der Waals surface area contributed by atoms with Gasteiger partial charge in [-0.2, -0.15) is 0 Å². The number of benzene rings is 1. The SMILES string of the molecule is NC1(COCc2ccc(O)cc2)CCCC1. The number of aromatic hydroxyl groups is 1. The number of phenolic OH excluding ortho intramolecular Hbond substituents is 1. The van der Waals surface area contributed by atoms with Crippen molar-refractivity contribution in [3.05, 3.63) is 29.8 Å². The predicted molar refractivity (Wildman–Crippen MR) is 63.1 cm³/mol. The molecule has 1 aromatic rings. The van der Waals surface area contributed by atoms with Crippen LogP contribution in [0.4, 0.5) is 0 Å². The Morgan fingerprint density at radius 3 is 2.44 bits per heavy atom. The highest BCUT2D eigenvalue weighted by molar-refractivity contribution is 5.25. The molecule has 1 fully saturated rings. The number of rotatable bonds is 4. The van der Waals surface area contributed by atoms with Crippen molar-refractivity contribution in [1.29, 1.82) is 0 Å². The average Bonchev–Trinajstić information content (AvgIpc) is 2.69. The van der Waals surface area contributed by atoms with Crippen molar-refractivity contribution in [2.24, 2.45) is 5.73 Å². The van der Waals surface area contributed by atoms with Crippen LogP contribution in [0.25, 0.3) is 0 Å². The zero-order valence-electron chi connectivity index (χ0n) is 9.48. The van der Waals surface area contributed by atoms with Crippen LogP contribution in [0.2, 0.25) is 0 Å². The van der Waals surface area contributed by atoms with Crippen molar-refractivity contribution in [3.63, 3.8) is 0 Å². The lowest BCUT2D eigenvalue weighted by Crippen LogP contribution is -2.41. The lowest BCUT2D eigenvalue weighted by atomic mass is 10.0. The Balaban J connectivity index is 1.77. The molecule has 3 nitrogen and oxygen atoms in total. The highest BCUT2D eigenvalue weighted by Gasteiger charge is 2.29. The van der Waals surface area contributed by atoms with E-state index < -0.39 is 0 Å². The fraction of sp³-hybridized carbons (Fsp3) is 0.538. The first-order valence-corrected chi connectivity index (χ1v) is 5.83. The van der Waals surface area contributed by atoms with Gasteiger partial charge in [-0.3, -0.25) is 0 Å². The smallest absolute Gasteiger partial charge is 0.115 e. The van der Waals surface area contributed by atoms with Crippen molar-refractivity contribution in [3.8, 4) is 5.75 Å². The van der Waals surface area contributed by atoms with E-state index in [-0.39, 0.29) is 11.3 Å². The second-order valence-corrected chi connectivity index (χ2v) is 4.73. The van der Waals surface area contributed by atoms with Gasteiger partial charge in [0.2, 0.25) is 0 Å². The van der Waals surface area contributed by atoms with E-state index >= 15 is 0 Å². The number of hydrogen-bond acceptors (Lipinski definition) is 3. The van der Waals surface area contributed by atoms with Gasteiger partial charge < -0.3 is 15.6 Å². The molecule has 1 aromatic carbocycles. The maximum atomic E-state index is 9.13. The Morgan fingerprint density at radius 2 is 1.81 bits per heavy atom. The Bertz CT molecular complexity index is 328. The maximum absolute atomic E-state index is 9.13. The molecule has 0 bridgehead atoms. The third-order valence-corrected chi connectivity index (χ3v) is 3.19. The molecule has 2 rings (SSSR count). The highest BCUT2D eigenvalue weighted by atomic mass is 16.5. The topological polar surface area (TPSA) is 55.5 Å². The molecular formula is C13H19NO2. The molecule has 88 valence electrons. The fourth-order valence-corrected chi connectivity index (χ4v) is 2.19. The molecule has 0 unspecified atom stereocenters. The van der Waals surface area contributed by atoms with Gasteiger partial charge >= 0.3 is 0 Å². The van der Waals surface area contributed by atoms with Crippen molar-refractivity contribution in [2.75, 3.05) is 6.61 Å². The normalized spacial score (nSPS) is 18.8. The lowest BCUT2D eigenvalue weighted by molar-refractivity contribution is 0.0751. The van der Waals surface area contributed by atoms with E-state index in [2.05, 4.69) is 0 Å². The molecular weight excluding hydrogens is 202 g/mol. The number of nitrogens with two attached hydrogens (primary N) is 1. The quantitative estimate of drug-likeness (QED) is 0.819. The van der Waals surface area contributed by atoms with Gasteiger partial charge in [0.15, 0.2) is 0 Å². The molecule has 0 heterocycles. The van der Waals surface area contributed by atoms with Gasteiger partial charge in [-0.1, -0.05) is 25.0 Å². The Kier molecular flexibility index (Phi) is 3.46. The first-order valence-electron chi connectivity index (χ1n) is 5.83. The Morgan fingerprint density at radius 1 is 1.19 bits per heavy atom. The van der Waals surface area contributed by atoms with E-state index in [9.17, 15) is 0 Å². The summed E-state index contributed by atoms with van der Waals surface area (Å²) in [6.45, 7) is 1.20. The summed E-state index contributed by atoms with van der Waals surface area (Å²) < 4.78 is 5.64. The summed E-state index contributed by atoms with van der Waals surface area (Å²) in [6.07, 6.45) is 4.59. The summed E-state index contributed by atoms with van der Waals surface area (Å²) >= 11 is 0. The van der Waals surface area contributed by atoms with Gasteiger partial charge in [0, 0.05) is 5.54 Å². The fourth-order valence-electron chi connectivity index (χ4n) is 2.19. The van der Waals surface area contributed by atoms with Crippen LogP contribution in [-0.4, -0.2) is 17.3 Å². The minimum absolute atomic E-state index is 0.100. The largest absolute Gasteiger partial charge is 0.508 e. The molecule has 0 atom stereocenters. The molecule has 3 heteroatoms. The standard InChI is InChI=1S/C13H19NO2/c14-13(7-1-2-8-13)10-16-9-11-3-5-12(15)6-4-11/h3-6,15H,1-2,7-10,14H2. The van der Waals surface area contributed by atoms with Crippen LogP contribution in [-0.2, 0) is 11.3 Å². The predicted octanol–water partition coefficient (Wildman–Crippen LogP) is 2.18. The zero-order valence-corrected chi connectivity index (χ0v) is 9.48. The van der Waals surface area contributed by atoms with E-state index in [1.807, 2.05) is 12.1 Å². The third kappa shape index (κ3) is 2.97. The first kappa shape index (κ1) is 11.4. The molecule has 1 saturated carbocycles. The van der Waals surface area contributed by atoms with Crippen LogP contribution in [0.15, 0.2) is 24.3 Å². The molecule has 0 saturated heterocycles. The van der Waals surface area contributed by atoms with Crippen LogP contribution in [0.3, 0.4) is 0 Å². The van der Waals surface area contributed by atoms with Crippen molar-refractivity contribution >= 4 is 0 Å². The molecule has 0 aromatic heterocycles. The van der Waals surface area contributed by atoms with Gasteiger partial charge in [-0.25, -0.2) is 0 Å². The molecule has 1 aliphatic carbocycles. The second-order valence-electron chi connectivity index (χ2n) is 4.73. The van der Waals surface area contributed by atoms with E-state index in [4.69, 9.17) is 15.6 Å². The molecule has 0 aliphatic heterocycles. The van der Waals surface area contributed by atoms with Crippen LogP contribution in [0, 0.1) is 0 Å². The summed E-state index contributed by atoms with van der Waals surface area (Å²) in [5.74, 6) is 0.287. The first-order chi connectivity index (χ1) is 7.68. The van der Waals surface area contributed by atoms with Crippen molar-refractivity contribution < 1.29 is 9.84 Å². The van der Waals surface area contributed by atoms with Crippen LogP contribution < -0.4 is 5.73 Å². The minimum atomic E-state index is -0.100. The van der Waals surface area contributed by atoms with Crippen LogP contribution in [0.1, 0.15) is 31.2 Å². The van der Waals surface area contributed by atoms with Crippen molar-refractivity contribution in [2.45, 2.75) is 37.8 Å². The molecule has 0 amide bonds. The summed E-state index contributed by atoms with van der Waals surface area (Å²) in [7, 11) is 0. The minimum Gasteiger partial charge on any atom is -0.508 e. The monoisotopic (exact) mass is 221 g/mol. The zero-order chi connectivity index (χ0) is 11.4. The Hall–Kier alpha value is -1.06. The van der Waals surface area contributed by atoms with E-state index in [1.54, 1.807) is 12.1 Å². The van der Waals surface area contributed by atoms with Crippen LogP contribution in [0.5, 0.6) is 5.75 Å². The summed E-state index contributed by atoms with van der Waals surface area (Å²) in [5.41, 5.74) is 7.15.